The highest BCUT2D eigenvalue weighted by Crippen LogP contribution is 2.34. The monoisotopic (exact) mass is 382 g/mol. The average Bonchev–Trinajstić information content (AvgIpc) is 3.36. The molecule has 3 aromatic rings. The number of carbonyl (C=O) groups excluding carboxylic acids is 1. The van der Waals surface area contributed by atoms with Crippen LogP contribution in [0.25, 0.3) is 11.4 Å². The number of amides is 1. The van der Waals surface area contributed by atoms with E-state index < -0.39 is 0 Å². The Balaban J connectivity index is 1.31. The van der Waals surface area contributed by atoms with Crippen LogP contribution in [0, 0.1) is 0 Å². The summed E-state index contributed by atoms with van der Waals surface area (Å²) < 4.78 is 10.7. The lowest BCUT2D eigenvalue weighted by Gasteiger charge is -2.14. The van der Waals surface area contributed by atoms with Crippen molar-refractivity contribution >= 4 is 17.7 Å². The fourth-order valence-electron chi connectivity index (χ4n) is 2.72. The number of aromatic amines is 1. The molecule has 27 heavy (non-hydrogen) atoms. The first kappa shape index (κ1) is 17.4. The standard InChI is InChI=1S/C19H18N4O3S/c1-12(14-7-8-15-16(9-14)26-11-25-15)20-17(24)10-27-19-21-18(22-23-19)13-5-3-2-4-6-13/h2-9,12H,10-11H2,1H3,(H,20,24)(H,21,22,23)/t12-/m0/s1. The molecule has 138 valence electrons. The maximum atomic E-state index is 12.3. The summed E-state index contributed by atoms with van der Waals surface area (Å²) in [6.45, 7) is 2.16. The molecular weight excluding hydrogens is 364 g/mol. The van der Waals surface area contributed by atoms with Gasteiger partial charge in [-0.25, -0.2) is 4.98 Å². The van der Waals surface area contributed by atoms with E-state index in [0.29, 0.717) is 16.7 Å². The molecule has 2 aromatic carbocycles. The Morgan fingerprint density at radius 2 is 2.04 bits per heavy atom. The van der Waals surface area contributed by atoms with Crippen molar-refractivity contribution in [2.24, 2.45) is 0 Å². The van der Waals surface area contributed by atoms with Crippen LogP contribution >= 0.6 is 11.8 Å². The van der Waals surface area contributed by atoms with E-state index in [9.17, 15) is 4.79 Å². The van der Waals surface area contributed by atoms with Crippen molar-refractivity contribution in [2.45, 2.75) is 18.1 Å². The molecule has 1 amide bonds. The maximum absolute atomic E-state index is 12.3. The first-order valence-corrected chi connectivity index (χ1v) is 9.47. The lowest BCUT2D eigenvalue weighted by Crippen LogP contribution is -2.28. The lowest BCUT2D eigenvalue weighted by atomic mass is 10.1. The number of aromatic nitrogens is 3. The number of nitrogens with zero attached hydrogens (tertiary/aromatic N) is 2. The number of ether oxygens (including phenoxy) is 2. The van der Waals surface area contributed by atoms with E-state index in [-0.39, 0.29) is 24.5 Å². The van der Waals surface area contributed by atoms with E-state index in [1.54, 1.807) is 0 Å². The van der Waals surface area contributed by atoms with Crippen LogP contribution in [0.2, 0.25) is 0 Å². The predicted molar refractivity (Wildman–Crippen MR) is 102 cm³/mol. The average molecular weight is 382 g/mol. The molecule has 2 heterocycles. The number of thioether (sulfide) groups is 1. The third-order valence-corrected chi connectivity index (χ3v) is 4.97. The number of hydrogen-bond donors (Lipinski definition) is 2. The minimum Gasteiger partial charge on any atom is -0.454 e. The molecule has 0 unspecified atom stereocenters. The Labute approximate surface area is 160 Å². The lowest BCUT2D eigenvalue weighted by molar-refractivity contribution is -0.119. The zero-order valence-electron chi connectivity index (χ0n) is 14.6. The van der Waals surface area contributed by atoms with Gasteiger partial charge < -0.3 is 14.8 Å². The van der Waals surface area contributed by atoms with Crippen molar-refractivity contribution in [1.82, 2.24) is 20.5 Å². The molecule has 7 nitrogen and oxygen atoms in total. The second-order valence-corrected chi connectivity index (χ2v) is 6.97. The number of fused-ring (bicyclic) bond motifs is 1. The fourth-order valence-corrected chi connectivity index (χ4v) is 3.32. The Morgan fingerprint density at radius 3 is 2.89 bits per heavy atom. The highest BCUT2D eigenvalue weighted by atomic mass is 32.2. The van der Waals surface area contributed by atoms with Gasteiger partial charge in [0.25, 0.3) is 0 Å². The van der Waals surface area contributed by atoms with Gasteiger partial charge in [0.1, 0.15) is 0 Å². The van der Waals surface area contributed by atoms with E-state index in [1.165, 1.54) is 11.8 Å². The van der Waals surface area contributed by atoms with Gasteiger partial charge in [-0.2, -0.15) is 0 Å². The highest BCUT2D eigenvalue weighted by molar-refractivity contribution is 7.99. The topological polar surface area (TPSA) is 89.1 Å². The van der Waals surface area contributed by atoms with Gasteiger partial charge in [-0.3, -0.25) is 9.89 Å². The summed E-state index contributed by atoms with van der Waals surface area (Å²) in [6, 6.07) is 15.3. The van der Waals surface area contributed by atoms with Crippen molar-refractivity contribution in [3.05, 3.63) is 54.1 Å². The molecule has 8 heteroatoms. The second-order valence-electron chi connectivity index (χ2n) is 6.02. The first-order valence-electron chi connectivity index (χ1n) is 8.48. The van der Waals surface area contributed by atoms with Gasteiger partial charge in [-0.15, -0.1) is 5.10 Å². The third kappa shape index (κ3) is 4.06. The first-order chi connectivity index (χ1) is 13.2. The molecule has 4 rings (SSSR count). The molecule has 0 spiro atoms. The largest absolute Gasteiger partial charge is 0.454 e. The summed E-state index contributed by atoms with van der Waals surface area (Å²) in [6.07, 6.45) is 0. The molecule has 0 aliphatic carbocycles. The summed E-state index contributed by atoms with van der Waals surface area (Å²) in [5.74, 6) is 2.27. The Kier molecular flexibility index (Phi) is 4.97. The van der Waals surface area contributed by atoms with Gasteiger partial charge in [0.15, 0.2) is 17.3 Å². The second kappa shape index (κ2) is 7.71. The van der Waals surface area contributed by atoms with Crippen molar-refractivity contribution in [3.8, 4) is 22.9 Å². The molecule has 2 N–H and O–H groups in total. The van der Waals surface area contributed by atoms with Crippen LogP contribution in [0.15, 0.2) is 53.7 Å². The van der Waals surface area contributed by atoms with Crippen LogP contribution in [-0.2, 0) is 4.79 Å². The molecule has 1 aromatic heterocycles. The number of carbonyl (C=O) groups is 1. The smallest absolute Gasteiger partial charge is 0.231 e. The number of nitrogens with one attached hydrogen (secondary N) is 2. The minimum atomic E-state index is -0.139. The van der Waals surface area contributed by atoms with Gasteiger partial charge in [-0.05, 0) is 24.6 Å². The fraction of sp³-hybridized carbons (Fsp3) is 0.211. The van der Waals surface area contributed by atoms with Crippen molar-refractivity contribution < 1.29 is 14.3 Å². The molecule has 0 radical (unpaired) electrons. The predicted octanol–water partition coefficient (Wildman–Crippen LogP) is 3.17. The quantitative estimate of drug-likeness (QED) is 0.637. The van der Waals surface area contributed by atoms with Crippen LogP contribution in [-0.4, -0.2) is 33.6 Å². The van der Waals surface area contributed by atoms with E-state index in [4.69, 9.17) is 9.47 Å². The zero-order valence-corrected chi connectivity index (χ0v) is 15.5. The van der Waals surface area contributed by atoms with E-state index >= 15 is 0 Å². The summed E-state index contributed by atoms with van der Waals surface area (Å²) in [5.41, 5.74) is 1.92. The summed E-state index contributed by atoms with van der Waals surface area (Å²) in [5, 5.41) is 10.6. The number of hydrogen-bond acceptors (Lipinski definition) is 6. The Hall–Kier alpha value is -3.00. The SMILES string of the molecule is C[C@H](NC(=O)CSc1n[nH]c(-c2ccccc2)n1)c1ccc2c(c1)OCO2. The summed E-state index contributed by atoms with van der Waals surface area (Å²) >= 11 is 1.29. The normalized spacial score (nSPS) is 13.4. The molecule has 1 aliphatic heterocycles. The van der Waals surface area contributed by atoms with Gasteiger partial charge >= 0.3 is 0 Å². The van der Waals surface area contributed by atoms with Crippen LogP contribution < -0.4 is 14.8 Å². The highest BCUT2D eigenvalue weighted by Gasteiger charge is 2.17. The van der Waals surface area contributed by atoms with Crippen molar-refractivity contribution in [2.75, 3.05) is 12.5 Å². The van der Waals surface area contributed by atoms with E-state index in [2.05, 4.69) is 20.5 Å². The third-order valence-electron chi connectivity index (χ3n) is 4.12. The van der Waals surface area contributed by atoms with E-state index in [1.807, 2.05) is 55.5 Å². The molecule has 1 atom stereocenters. The Morgan fingerprint density at radius 1 is 1.22 bits per heavy atom. The molecule has 0 saturated heterocycles. The van der Waals surface area contributed by atoms with Crippen LogP contribution in [0.1, 0.15) is 18.5 Å². The summed E-state index contributed by atoms with van der Waals surface area (Å²) in [4.78, 5) is 16.7. The van der Waals surface area contributed by atoms with Crippen molar-refractivity contribution in [3.63, 3.8) is 0 Å². The number of benzene rings is 2. The molecule has 0 bridgehead atoms. The van der Waals surface area contributed by atoms with Crippen LogP contribution in [0.3, 0.4) is 0 Å². The maximum Gasteiger partial charge on any atom is 0.231 e. The Bertz CT molecular complexity index is 945. The number of rotatable bonds is 6. The van der Waals surface area contributed by atoms with Gasteiger partial charge in [0.05, 0.1) is 11.8 Å². The van der Waals surface area contributed by atoms with E-state index in [0.717, 1.165) is 16.9 Å². The minimum absolute atomic E-state index is 0.0868. The van der Waals surface area contributed by atoms with Gasteiger partial charge in [-0.1, -0.05) is 48.2 Å². The van der Waals surface area contributed by atoms with Crippen LogP contribution in [0.4, 0.5) is 0 Å². The number of H-pyrrole nitrogens is 1. The zero-order chi connectivity index (χ0) is 18.6. The molecule has 0 fully saturated rings. The summed E-state index contributed by atoms with van der Waals surface area (Å²) in [7, 11) is 0. The van der Waals surface area contributed by atoms with Crippen molar-refractivity contribution in [1.29, 1.82) is 0 Å². The molecule has 0 saturated carbocycles. The molecule has 1 aliphatic rings. The van der Waals surface area contributed by atoms with Gasteiger partial charge in [0.2, 0.25) is 17.9 Å². The van der Waals surface area contributed by atoms with Crippen LogP contribution in [0.5, 0.6) is 11.5 Å². The molecular formula is C19H18N4O3S. The van der Waals surface area contributed by atoms with Gasteiger partial charge in [0, 0.05) is 5.56 Å².